The van der Waals surface area contributed by atoms with Gasteiger partial charge >= 0.3 is 0 Å². The highest BCUT2D eigenvalue weighted by molar-refractivity contribution is 5.43. The summed E-state index contributed by atoms with van der Waals surface area (Å²) in [6, 6.07) is 1.74. The fraction of sp³-hybridized carbons (Fsp3) is 0.533. The summed E-state index contributed by atoms with van der Waals surface area (Å²) in [5, 5.41) is 3.22. The molecule has 4 heteroatoms. The number of aromatic nitrogens is 1. The summed E-state index contributed by atoms with van der Waals surface area (Å²) >= 11 is 0. The van der Waals surface area contributed by atoms with Gasteiger partial charge in [0.25, 0.3) is 0 Å². The maximum absolute atomic E-state index is 14.4. The minimum Gasteiger partial charge on any atom is -0.350 e. The number of halogens is 1. The molecule has 0 aliphatic heterocycles. The number of nitrogens with one attached hydrogen (secondary N) is 1. The number of hydrogen-bond acceptors (Lipinski definition) is 3. The summed E-state index contributed by atoms with van der Waals surface area (Å²) < 4.78 is 14.4. The lowest BCUT2D eigenvalue weighted by Crippen LogP contribution is -2.27. The smallest absolute Gasteiger partial charge is 0.170 e. The maximum Gasteiger partial charge on any atom is 0.170 e. The Hall–Kier alpha value is -1.42. The largest absolute Gasteiger partial charge is 0.350 e. The van der Waals surface area contributed by atoms with E-state index in [2.05, 4.69) is 30.7 Å². The minimum absolute atomic E-state index is 0.221. The molecule has 0 aliphatic carbocycles. The molecule has 0 saturated heterocycles. The summed E-state index contributed by atoms with van der Waals surface area (Å²) in [7, 11) is 0. The molecular weight excluding hydrogens is 241 g/mol. The van der Waals surface area contributed by atoms with Gasteiger partial charge in [-0.15, -0.1) is 6.58 Å². The van der Waals surface area contributed by atoms with Crippen molar-refractivity contribution in [2.45, 2.75) is 33.2 Å². The molecule has 3 nitrogen and oxygen atoms in total. The lowest BCUT2D eigenvalue weighted by Gasteiger charge is -2.22. The van der Waals surface area contributed by atoms with Gasteiger partial charge in [-0.1, -0.05) is 19.9 Å². The summed E-state index contributed by atoms with van der Waals surface area (Å²) in [6.45, 7) is 10.7. The van der Waals surface area contributed by atoms with Crippen molar-refractivity contribution >= 4 is 5.82 Å². The van der Waals surface area contributed by atoms with Gasteiger partial charge in [0.15, 0.2) is 11.6 Å². The predicted octanol–water partition coefficient (Wildman–Crippen LogP) is 3.12. The number of anilines is 1. The summed E-state index contributed by atoms with van der Waals surface area (Å²) in [5.41, 5.74) is 0.670. The molecule has 1 heterocycles. The molecule has 0 amide bonds. The molecule has 106 valence electrons. The third-order valence-corrected chi connectivity index (χ3v) is 2.84. The summed E-state index contributed by atoms with van der Waals surface area (Å²) in [4.78, 5) is 6.10. The van der Waals surface area contributed by atoms with Crippen LogP contribution >= 0.6 is 0 Å². The average molecular weight is 265 g/mol. The molecular formula is C15H24FN3. The van der Waals surface area contributed by atoms with Crippen LogP contribution in [0.4, 0.5) is 10.2 Å². The van der Waals surface area contributed by atoms with E-state index >= 15 is 0 Å². The van der Waals surface area contributed by atoms with Gasteiger partial charge in [-0.25, -0.2) is 9.37 Å². The van der Waals surface area contributed by atoms with Crippen LogP contribution in [0.5, 0.6) is 0 Å². The van der Waals surface area contributed by atoms with E-state index in [0.717, 1.165) is 25.9 Å². The van der Waals surface area contributed by atoms with Crippen molar-refractivity contribution in [3.63, 3.8) is 0 Å². The summed E-state index contributed by atoms with van der Waals surface area (Å²) in [6.07, 6.45) is 5.44. The van der Waals surface area contributed by atoms with Gasteiger partial charge < -0.3 is 10.2 Å². The first-order valence-corrected chi connectivity index (χ1v) is 6.94. The third-order valence-electron chi connectivity index (χ3n) is 2.84. The highest BCUT2D eigenvalue weighted by Gasteiger charge is 2.14. The number of pyridine rings is 1. The van der Waals surface area contributed by atoms with Crippen molar-refractivity contribution in [1.29, 1.82) is 0 Å². The summed E-state index contributed by atoms with van der Waals surface area (Å²) in [5.74, 6) is 0.207. The van der Waals surface area contributed by atoms with Crippen LogP contribution in [-0.2, 0) is 6.54 Å². The molecule has 19 heavy (non-hydrogen) atoms. The van der Waals surface area contributed by atoms with E-state index in [1.165, 1.54) is 0 Å². The molecule has 0 bridgehead atoms. The highest BCUT2D eigenvalue weighted by Crippen LogP contribution is 2.19. The van der Waals surface area contributed by atoms with Crippen molar-refractivity contribution < 1.29 is 4.39 Å². The quantitative estimate of drug-likeness (QED) is 0.549. The maximum atomic E-state index is 14.4. The Morgan fingerprint density at radius 1 is 1.42 bits per heavy atom. The minimum atomic E-state index is -0.221. The zero-order chi connectivity index (χ0) is 14.1. The van der Waals surface area contributed by atoms with Crippen molar-refractivity contribution in [2.24, 2.45) is 0 Å². The van der Waals surface area contributed by atoms with Crippen LogP contribution in [-0.4, -0.2) is 24.6 Å². The zero-order valence-electron chi connectivity index (χ0n) is 12.0. The van der Waals surface area contributed by atoms with Gasteiger partial charge in [-0.3, -0.25) is 0 Å². The first-order valence-electron chi connectivity index (χ1n) is 6.94. The number of rotatable bonds is 9. The zero-order valence-corrected chi connectivity index (χ0v) is 12.0. The normalized spacial score (nSPS) is 10.5. The SMILES string of the molecule is C=CCN(CCC)c1nccc(CNCCC)c1F. The Kier molecular flexibility index (Phi) is 7.11. The molecule has 0 spiro atoms. The molecule has 1 aromatic heterocycles. The monoisotopic (exact) mass is 265 g/mol. The molecule has 1 rings (SSSR count). The Morgan fingerprint density at radius 3 is 2.84 bits per heavy atom. The molecule has 1 N–H and O–H groups in total. The topological polar surface area (TPSA) is 28.2 Å². The van der Waals surface area contributed by atoms with E-state index in [-0.39, 0.29) is 5.82 Å². The lowest BCUT2D eigenvalue weighted by atomic mass is 10.2. The van der Waals surface area contributed by atoms with Gasteiger partial charge in [0.05, 0.1) is 0 Å². The van der Waals surface area contributed by atoms with Crippen LogP contribution in [0.2, 0.25) is 0 Å². The second kappa shape index (κ2) is 8.64. The van der Waals surface area contributed by atoms with Crippen molar-refractivity contribution in [2.75, 3.05) is 24.5 Å². The second-order valence-corrected chi connectivity index (χ2v) is 4.52. The Balaban J connectivity index is 2.87. The van der Waals surface area contributed by atoms with Crippen LogP contribution in [0, 0.1) is 5.82 Å². The van der Waals surface area contributed by atoms with Gasteiger partial charge in [-0.05, 0) is 25.5 Å². The van der Waals surface area contributed by atoms with Gasteiger partial charge in [0.1, 0.15) is 0 Å². The molecule has 0 atom stereocenters. The number of nitrogens with zero attached hydrogens (tertiary/aromatic N) is 2. The van der Waals surface area contributed by atoms with E-state index in [0.29, 0.717) is 24.5 Å². The van der Waals surface area contributed by atoms with Crippen molar-refractivity contribution in [3.8, 4) is 0 Å². The Bertz CT molecular complexity index is 393. The van der Waals surface area contributed by atoms with Crippen LogP contribution in [0.3, 0.4) is 0 Å². The van der Waals surface area contributed by atoms with Crippen molar-refractivity contribution in [3.05, 3.63) is 36.3 Å². The fourth-order valence-electron chi connectivity index (χ4n) is 1.94. The van der Waals surface area contributed by atoms with E-state index < -0.39 is 0 Å². The predicted molar refractivity (Wildman–Crippen MR) is 78.9 cm³/mol. The standard InChI is InChI=1S/C15H24FN3/c1-4-8-17-12-13-7-9-18-15(14(13)16)19(10-5-2)11-6-3/h5,7,9,17H,2,4,6,8,10-12H2,1,3H3. The Labute approximate surface area is 115 Å². The molecule has 0 unspecified atom stereocenters. The fourth-order valence-corrected chi connectivity index (χ4v) is 1.94. The molecule has 0 radical (unpaired) electrons. The van der Waals surface area contributed by atoms with Crippen LogP contribution < -0.4 is 10.2 Å². The lowest BCUT2D eigenvalue weighted by molar-refractivity contribution is 0.575. The first kappa shape index (κ1) is 15.6. The molecule has 0 saturated carbocycles. The molecule has 1 aromatic rings. The van der Waals surface area contributed by atoms with Gasteiger partial charge in [0.2, 0.25) is 0 Å². The van der Waals surface area contributed by atoms with E-state index in [4.69, 9.17) is 0 Å². The third kappa shape index (κ3) is 4.63. The highest BCUT2D eigenvalue weighted by atomic mass is 19.1. The van der Waals surface area contributed by atoms with Crippen LogP contribution in [0.1, 0.15) is 32.3 Å². The van der Waals surface area contributed by atoms with Gasteiger partial charge in [-0.2, -0.15) is 0 Å². The first-order chi connectivity index (χ1) is 9.24. The van der Waals surface area contributed by atoms with Crippen LogP contribution in [0.15, 0.2) is 24.9 Å². The van der Waals surface area contributed by atoms with E-state index in [1.54, 1.807) is 18.3 Å². The Morgan fingerprint density at radius 2 is 2.21 bits per heavy atom. The molecule has 0 fully saturated rings. The van der Waals surface area contributed by atoms with E-state index in [1.807, 2.05) is 4.90 Å². The van der Waals surface area contributed by atoms with Gasteiger partial charge in [0, 0.05) is 31.4 Å². The number of hydrogen-bond donors (Lipinski definition) is 1. The van der Waals surface area contributed by atoms with Crippen LogP contribution in [0.25, 0.3) is 0 Å². The second-order valence-electron chi connectivity index (χ2n) is 4.52. The van der Waals surface area contributed by atoms with E-state index in [9.17, 15) is 4.39 Å². The molecule has 0 aromatic carbocycles. The molecule has 0 aliphatic rings. The average Bonchev–Trinajstić information content (AvgIpc) is 2.41. The van der Waals surface area contributed by atoms with Crippen molar-refractivity contribution in [1.82, 2.24) is 10.3 Å².